The number of hydrogen-bond donors (Lipinski definition) is 1. The summed E-state index contributed by atoms with van der Waals surface area (Å²) in [5, 5.41) is 4.04. The van der Waals surface area contributed by atoms with Gasteiger partial charge in [-0.15, -0.1) is 0 Å². The van der Waals surface area contributed by atoms with E-state index < -0.39 is 0 Å². The average Bonchev–Trinajstić information content (AvgIpc) is 2.76. The molecule has 1 fully saturated rings. The van der Waals surface area contributed by atoms with Crippen LogP contribution in [0.1, 0.15) is 43.8 Å². The summed E-state index contributed by atoms with van der Waals surface area (Å²) >= 11 is 0. The van der Waals surface area contributed by atoms with Crippen LogP contribution in [0, 0.1) is 0 Å². The van der Waals surface area contributed by atoms with Crippen LogP contribution < -0.4 is 5.73 Å². The molecule has 1 aromatic rings. The van der Waals surface area contributed by atoms with Crippen molar-refractivity contribution >= 4 is 0 Å². The Morgan fingerprint density at radius 3 is 2.88 bits per heavy atom. The van der Waals surface area contributed by atoms with Crippen LogP contribution in [0.3, 0.4) is 0 Å². The van der Waals surface area contributed by atoms with E-state index >= 15 is 0 Å². The van der Waals surface area contributed by atoms with E-state index in [1.165, 1.54) is 0 Å². The first kappa shape index (κ1) is 11.5. The van der Waals surface area contributed by atoms with Crippen LogP contribution in [0.4, 0.5) is 0 Å². The molecule has 0 aromatic carbocycles. The molecule has 2 N–H and O–H groups in total. The van der Waals surface area contributed by atoms with Gasteiger partial charge in [-0.25, -0.2) is 0 Å². The molecule has 90 valence electrons. The van der Waals surface area contributed by atoms with Crippen molar-refractivity contribution in [2.75, 3.05) is 13.2 Å². The first-order chi connectivity index (χ1) is 7.75. The standard InChI is InChI=1S/C11H19N3O2/c1-8(12)2-3-10-13-11(14-16-10)9-4-6-15-7-5-9/h8-9H,2-7,12H2,1H3. The van der Waals surface area contributed by atoms with E-state index in [0.717, 1.165) is 44.7 Å². The Bertz CT molecular complexity index is 319. The van der Waals surface area contributed by atoms with Gasteiger partial charge in [0.25, 0.3) is 0 Å². The molecule has 1 aliphatic heterocycles. The van der Waals surface area contributed by atoms with Crippen molar-refractivity contribution in [1.82, 2.24) is 10.1 Å². The molecule has 5 heteroatoms. The molecule has 1 atom stereocenters. The van der Waals surface area contributed by atoms with Gasteiger partial charge in [0.05, 0.1) is 0 Å². The van der Waals surface area contributed by atoms with E-state index in [4.69, 9.17) is 15.0 Å². The van der Waals surface area contributed by atoms with E-state index in [-0.39, 0.29) is 6.04 Å². The van der Waals surface area contributed by atoms with Crippen LogP contribution in [0.15, 0.2) is 4.52 Å². The lowest BCUT2D eigenvalue weighted by Crippen LogP contribution is -2.16. The molecular weight excluding hydrogens is 206 g/mol. The van der Waals surface area contributed by atoms with Crippen molar-refractivity contribution in [3.63, 3.8) is 0 Å². The van der Waals surface area contributed by atoms with Gasteiger partial charge < -0.3 is 15.0 Å². The summed E-state index contributed by atoms with van der Waals surface area (Å²) in [5.41, 5.74) is 5.68. The first-order valence-corrected chi connectivity index (χ1v) is 5.91. The van der Waals surface area contributed by atoms with E-state index in [1.807, 2.05) is 6.92 Å². The highest BCUT2D eigenvalue weighted by molar-refractivity contribution is 4.96. The number of aryl methyl sites for hydroxylation is 1. The zero-order chi connectivity index (χ0) is 11.4. The minimum Gasteiger partial charge on any atom is -0.381 e. The van der Waals surface area contributed by atoms with Gasteiger partial charge in [0.15, 0.2) is 5.82 Å². The van der Waals surface area contributed by atoms with Gasteiger partial charge in [-0.2, -0.15) is 4.98 Å². The fourth-order valence-corrected chi connectivity index (χ4v) is 1.84. The molecule has 2 rings (SSSR count). The largest absolute Gasteiger partial charge is 0.381 e. The number of nitrogens with two attached hydrogens (primary N) is 1. The molecule has 1 unspecified atom stereocenters. The second-order valence-electron chi connectivity index (χ2n) is 4.45. The summed E-state index contributed by atoms with van der Waals surface area (Å²) in [6, 6.07) is 0.179. The van der Waals surface area contributed by atoms with Gasteiger partial charge in [0, 0.05) is 31.6 Å². The molecule has 2 heterocycles. The average molecular weight is 225 g/mol. The van der Waals surface area contributed by atoms with Crippen LogP contribution in [-0.2, 0) is 11.2 Å². The maximum Gasteiger partial charge on any atom is 0.226 e. The number of ether oxygens (including phenoxy) is 1. The number of aromatic nitrogens is 2. The molecule has 1 aliphatic rings. The molecule has 16 heavy (non-hydrogen) atoms. The fraction of sp³-hybridized carbons (Fsp3) is 0.818. The molecule has 0 amide bonds. The zero-order valence-electron chi connectivity index (χ0n) is 9.69. The van der Waals surface area contributed by atoms with Crippen LogP contribution in [0.25, 0.3) is 0 Å². The Hall–Kier alpha value is -0.940. The van der Waals surface area contributed by atoms with Gasteiger partial charge in [-0.1, -0.05) is 5.16 Å². The maximum atomic E-state index is 5.68. The Balaban J connectivity index is 1.90. The molecule has 0 saturated carbocycles. The topological polar surface area (TPSA) is 74.2 Å². The molecule has 0 radical (unpaired) electrons. The molecule has 0 aliphatic carbocycles. The van der Waals surface area contributed by atoms with Gasteiger partial charge >= 0.3 is 0 Å². The van der Waals surface area contributed by atoms with E-state index in [2.05, 4.69) is 10.1 Å². The molecule has 5 nitrogen and oxygen atoms in total. The quantitative estimate of drug-likeness (QED) is 0.834. The highest BCUT2D eigenvalue weighted by Crippen LogP contribution is 2.24. The Morgan fingerprint density at radius 2 is 2.19 bits per heavy atom. The van der Waals surface area contributed by atoms with Crippen molar-refractivity contribution < 1.29 is 9.26 Å². The zero-order valence-corrected chi connectivity index (χ0v) is 9.69. The van der Waals surface area contributed by atoms with Crippen molar-refractivity contribution in [2.45, 2.75) is 44.6 Å². The Kier molecular flexibility index (Phi) is 3.90. The third-order valence-electron chi connectivity index (χ3n) is 2.88. The fourth-order valence-electron chi connectivity index (χ4n) is 1.84. The Morgan fingerprint density at radius 1 is 1.44 bits per heavy atom. The highest BCUT2D eigenvalue weighted by Gasteiger charge is 2.21. The number of nitrogens with zero attached hydrogens (tertiary/aromatic N) is 2. The van der Waals surface area contributed by atoms with Crippen LogP contribution in [0.2, 0.25) is 0 Å². The van der Waals surface area contributed by atoms with Crippen LogP contribution in [-0.4, -0.2) is 29.4 Å². The number of hydrogen-bond acceptors (Lipinski definition) is 5. The van der Waals surface area contributed by atoms with Crippen LogP contribution >= 0.6 is 0 Å². The van der Waals surface area contributed by atoms with Crippen molar-refractivity contribution in [2.24, 2.45) is 5.73 Å². The summed E-state index contributed by atoms with van der Waals surface area (Å²) < 4.78 is 10.5. The monoisotopic (exact) mass is 225 g/mol. The van der Waals surface area contributed by atoms with Crippen LogP contribution in [0.5, 0.6) is 0 Å². The SMILES string of the molecule is CC(N)CCc1nc(C2CCOCC2)no1. The summed E-state index contributed by atoms with van der Waals surface area (Å²) in [5.74, 6) is 1.95. The van der Waals surface area contributed by atoms with Gasteiger partial charge in [0.1, 0.15) is 0 Å². The minimum absolute atomic E-state index is 0.179. The van der Waals surface area contributed by atoms with Gasteiger partial charge in [0.2, 0.25) is 5.89 Å². The van der Waals surface area contributed by atoms with E-state index in [0.29, 0.717) is 11.8 Å². The maximum absolute atomic E-state index is 5.68. The molecule has 1 aromatic heterocycles. The minimum atomic E-state index is 0.179. The van der Waals surface area contributed by atoms with Crippen molar-refractivity contribution in [1.29, 1.82) is 0 Å². The molecule has 0 spiro atoms. The van der Waals surface area contributed by atoms with Gasteiger partial charge in [-0.05, 0) is 26.2 Å². The third-order valence-corrected chi connectivity index (χ3v) is 2.88. The normalized spacial score (nSPS) is 19.9. The lowest BCUT2D eigenvalue weighted by Gasteiger charge is -2.18. The molecule has 0 bridgehead atoms. The van der Waals surface area contributed by atoms with E-state index in [9.17, 15) is 0 Å². The second kappa shape index (κ2) is 5.41. The summed E-state index contributed by atoms with van der Waals surface area (Å²) in [4.78, 5) is 4.42. The first-order valence-electron chi connectivity index (χ1n) is 5.91. The Labute approximate surface area is 95.3 Å². The smallest absolute Gasteiger partial charge is 0.226 e. The predicted molar refractivity (Wildman–Crippen MR) is 59.1 cm³/mol. The summed E-state index contributed by atoms with van der Waals surface area (Å²) in [7, 11) is 0. The molecular formula is C11H19N3O2. The lowest BCUT2D eigenvalue weighted by atomic mass is 10.00. The van der Waals surface area contributed by atoms with Gasteiger partial charge in [-0.3, -0.25) is 0 Å². The highest BCUT2D eigenvalue weighted by atomic mass is 16.5. The van der Waals surface area contributed by atoms with Crippen molar-refractivity contribution in [3.05, 3.63) is 11.7 Å². The van der Waals surface area contributed by atoms with Crippen molar-refractivity contribution in [3.8, 4) is 0 Å². The molecule has 1 saturated heterocycles. The summed E-state index contributed by atoms with van der Waals surface area (Å²) in [6.45, 7) is 3.58. The predicted octanol–water partition coefficient (Wildman–Crippen LogP) is 1.24. The van der Waals surface area contributed by atoms with E-state index in [1.54, 1.807) is 0 Å². The summed E-state index contributed by atoms with van der Waals surface area (Å²) in [6.07, 6.45) is 3.64. The number of rotatable bonds is 4. The lowest BCUT2D eigenvalue weighted by molar-refractivity contribution is 0.0830. The third kappa shape index (κ3) is 3.02. The second-order valence-corrected chi connectivity index (χ2v) is 4.45.